The molecule has 6 atom stereocenters. The molecule has 0 saturated heterocycles. The van der Waals surface area contributed by atoms with Crippen LogP contribution in [0.4, 0.5) is 48.1 Å². The summed E-state index contributed by atoms with van der Waals surface area (Å²) in [4.78, 5) is 115. The number of rotatable bonds is 16. The highest BCUT2D eigenvalue weighted by atomic mass is 19.1. The molecule has 0 aliphatic heterocycles. The van der Waals surface area contributed by atoms with Crippen LogP contribution < -0.4 is 50.2 Å². The number of methoxy groups -OCH3 is 4. The number of primary amides is 3. The van der Waals surface area contributed by atoms with Gasteiger partial charge in [0.15, 0.2) is 28.5 Å². The third-order valence-electron chi connectivity index (χ3n) is 26.1. The average molecular weight is 1490 g/mol. The van der Waals surface area contributed by atoms with Crippen molar-refractivity contribution in [2.24, 2.45) is 91.6 Å². The molecule has 21 rings (SSSR count). The molecular weight excluding hydrogens is 1400 g/mol. The van der Waals surface area contributed by atoms with Crippen molar-refractivity contribution in [3.63, 3.8) is 0 Å². The second kappa shape index (κ2) is 25.7. The van der Waals surface area contributed by atoms with Crippen LogP contribution in [0, 0.1) is 91.5 Å². The van der Waals surface area contributed by atoms with Gasteiger partial charge in [-0.05, 0) is 188 Å². The molecule has 6 aromatic heterocycles. The van der Waals surface area contributed by atoms with E-state index in [4.69, 9.17) is 46.1 Å². The highest BCUT2D eigenvalue weighted by Crippen LogP contribution is 2.66. The highest BCUT2D eigenvalue weighted by Gasteiger charge is 2.67. The Morgan fingerprint density at radius 3 is 0.963 bits per heavy atom. The number of ketones is 1. The Balaban J connectivity index is 0.000000124. The second-order valence-electron chi connectivity index (χ2n) is 32.0. The number of carbonyl (C=O) groups excluding carboxylic acids is 4. The lowest BCUT2D eigenvalue weighted by atomic mass is 9.50. The molecule has 12 bridgehead atoms. The Bertz CT molecular complexity index is 5220. The van der Waals surface area contributed by atoms with Crippen molar-refractivity contribution < 1.29 is 51.3 Å². The van der Waals surface area contributed by atoms with Crippen LogP contribution in [0.25, 0.3) is 33.5 Å². The van der Waals surface area contributed by atoms with Crippen LogP contribution >= 0.6 is 0 Å². The first-order valence-corrected chi connectivity index (χ1v) is 36.6. The number of ether oxygens (including phenoxy) is 4. The molecule has 12 aliphatic rings. The summed E-state index contributed by atoms with van der Waals surface area (Å²) in [5, 5.41) is 9.12. The van der Waals surface area contributed by atoms with Crippen molar-refractivity contribution in [1.29, 1.82) is 0 Å². The monoisotopic (exact) mass is 1480 g/mol. The summed E-state index contributed by atoms with van der Waals surface area (Å²) in [6.45, 7) is 5.19. The number of anilines is 6. The van der Waals surface area contributed by atoms with Gasteiger partial charge < -0.3 is 52.1 Å². The molecule has 12 saturated carbocycles. The predicted octanol–water partition coefficient (Wildman–Crippen LogP) is 8.41. The molecule has 6 unspecified atom stereocenters. The van der Waals surface area contributed by atoms with Crippen molar-refractivity contribution in [3.8, 4) is 0 Å². The van der Waals surface area contributed by atoms with Crippen LogP contribution in [-0.4, -0.2) is 121 Å². The first-order chi connectivity index (χ1) is 51.4. The third kappa shape index (κ3) is 11.0. The molecule has 29 nitrogen and oxygen atoms in total. The number of hydrogen-bond donors (Lipinski definition) is 6. The maximum absolute atomic E-state index is 14.5. The van der Waals surface area contributed by atoms with Gasteiger partial charge >= 0.3 is 17.1 Å². The van der Waals surface area contributed by atoms with Gasteiger partial charge in [-0.3, -0.25) is 46.6 Å². The van der Waals surface area contributed by atoms with Crippen LogP contribution in [0.1, 0.15) is 144 Å². The minimum Gasteiger partial charge on any atom is -0.366 e. The number of halogens is 3. The van der Waals surface area contributed by atoms with E-state index in [1.807, 2.05) is 9.13 Å². The second-order valence-corrected chi connectivity index (χ2v) is 32.0. The van der Waals surface area contributed by atoms with E-state index in [2.05, 4.69) is 35.9 Å². The molecule has 568 valence electrons. The molecule has 12 aliphatic carbocycles. The maximum Gasteiger partial charge on any atom is 0.330 e. The number of Topliss-reactive ketones (excluding diaryl/α,β-unsaturated/α-hetero) is 1. The zero-order valence-corrected chi connectivity index (χ0v) is 61.7. The lowest BCUT2D eigenvalue weighted by molar-refractivity contribution is -0.328. The summed E-state index contributed by atoms with van der Waals surface area (Å²) >= 11 is 0. The Morgan fingerprint density at radius 1 is 0.426 bits per heavy atom. The number of aromatic nitrogens is 12. The molecule has 9 aromatic rings. The van der Waals surface area contributed by atoms with E-state index < -0.39 is 52.3 Å². The number of carbonyl (C=O) groups is 4. The largest absolute Gasteiger partial charge is 0.366 e. The van der Waals surface area contributed by atoms with Gasteiger partial charge in [0.05, 0.1) is 51.9 Å². The molecule has 0 spiro atoms. The summed E-state index contributed by atoms with van der Waals surface area (Å²) < 4.78 is 77.4. The summed E-state index contributed by atoms with van der Waals surface area (Å²) in [6.07, 6.45) is 17.8. The number of nitrogens with one attached hydrogen (secondary N) is 3. The van der Waals surface area contributed by atoms with Crippen LogP contribution in [-0.2, 0) is 61.5 Å². The van der Waals surface area contributed by atoms with Crippen molar-refractivity contribution in [2.45, 2.75) is 145 Å². The van der Waals surface area contributed by atoms with Crippen molar-refractivity contribution in [3.05, 3.63) is 137 Å². The number of imidazole rings is 3. The van der Waals surface area contributed by atoms with Gasteiger partial charge in [-0.2, -0.15) is 15.0 Å². The molecule has 32 heteroatoms. The van der Waals surface area contributed by atoms with E-state index in [-0.39, 0.29) is 98.2 Å². The van der Waals surface area contributed by atoms with Crippen LogP contribution in [0.5, 0.6) is 0 Å². The minimum atomic E-state index is -0.841. The fraction of sp³-hybridized carbons (Fsp3) is 0.513. The van der Waals surface area contributed by atoms with Gasteiger partial charge in [-0.15, -0.1) is 0 Å². The van der Waals surface area contributed by atoms with E-state index in [1.54, 1.807) is 107 Å². The van der Waals surface area contributed by atoms with Crippen molar-refractivity contribution >= 4 is 91.9 Å². The lowest BCUT2D eigenvalue weighted by Gasteiger charge is -2.63. The van der Waals surface area contributed by atoms with Gasteiger partial charge in [0.25, 0.3) is 17.7 Å². The van der Waals surface area contributed by atoms with Crippen LogP contribution in [0.2, 0.25) is 0 Å². The van der Waals surface area contributed by atoms with Crippen molar-refractivity contribution in [2.75, 3.05) is 44.4 Å². The third-order valence-corrected chi connectivity index (χ3v) is 26.1. The van der Waals surface area contributed by atoms with E-state index in [9.17, 15) is 46.7 Å². The lowest BCUT2D eigenvalue weighted by Crippen LogP contribution is -2.66. The summed E-state index contributed by atoms with van der Waals surface area (Å²) in [5.74, 6) is -2.71. The number of benzene rings is 3. The van der Waals surface area contributed by atoms with Gasteiger partial charge in [-0.25, -0.2) is 42.5 Å². The first-order valence-electron chi connectivity index (χ1n) is 36.6. The van der Waals surface area contributed by atoms with Crippen LogP contribution in [0.3, 0.4) is 0 Å². The number of hydrogen-bond acceptors (Lipinski definition) is 20. The normalized spacial score (nSPS) is 27.6. The fourth-order valence-corrected chi connectivity index (χ4v) is 22.0. The number of amides is 3. The highest BCUT2D eigenvalue weighted by molar-refractivity contribution is 5.95. The standard InChI is InChI=1S/2C26H31FN6O4.C24H25FN6O3/c2*1-13-5-17(21(28)34)18(27)8-19(13)30-23-29-12-20-22(31-23)33(24(35)32(20)2)25-9-14-6-15(10-25)26(36-3,37-4)16(7-14)11-25;1-11-3-15(20(26)33)16(25)6-17(11)28-22-27-10-18-21(29-22)31(23(34)30(18)2)24-7-12-4-13(8-24)19(32)14(5-12)9-24/h2*5,8,12,14-16H,6-7,9-11H2,1-4H3,(H2,28,34)(H,29,30,31);3,6,10,12-14H,4-5,7-9H2,1-2H3,(H2,26,33)(H,27,28,29). The summed E-state index contributed by atoms with van der Waals surface area (Å²) in [6, 6.07) is 7.76. The van der Waals surface area contributed by atoms with Crippen molar-refractivity contribution in [1.82, 2.24) is 57.3 Å². The Kier molecular flexibility index (Phi) is 17.2. The summed E-state index contributed by atoms with van der Waals surface area (Å²) in [7, 11) is 12.0. The molecule has 9 N–H and O–H groups in total. The minimum absolute atomic E-state index is 0.0160. The number of nitrogens with zero attached hydrogens (tertiary/aromatic N) is 12. The Morgan fingerprint density at radius 2 is 0.694 bits per heavy atom. The Hall–Kier alpha value is -10.2. The molecular formula is C76H87F3N18O11. The van der Waals surface area contributed by atoms with E-state index in [0.717, 1.165) is 83.5 Å². The predicted molar refractivity (Wildman–Crippen MR) is 390 cm³/mol. The molecule has 12 fully saturated rings. The quantitative estimate of drug-likeness (QED) is 0.0494. The number of fused-ring (bicyclic) bond motifs is 3. The van der Waals surface area contributed by atoms with Gasteiger partial charge in [-0.1, -0.05) is 0 Å². The molecule has 0 radical (unpaired) electrons. The zero-order chi connectivity index (χ0) is 76.5. The number of aryl methyl sites for hydroxylation is 6. The molecule has 108 heavy (non-hydrogen) atoms. The van der Waals surface area contributed by atoms with Crippen LogP contribution in [0.15, 0.2) is 69.4 Å². The van der Waals surface area contributed by atoms with Gasteiger partial charge in [0.1, 0.15) is 39.8 Å². The summed E-state index contributed by atoms with van der Waals surface area (Å²) in [5.41, 5.74) is 20.1. The first kappa shape index (κ1) is 72.0. The van der Waals surface area contributed by atoms with E-state index in [0.29, 0.717) is 104 Å². The fourth-order valence-electron chi connectivity index (χ4n) is 22.0. The van der Waals surface area contributed by atoms with E-state index >= 15 is 0 Å². The molecule has 6 heterocycles. The zero-order valence-electron chi connectivity index (χ0n) is 61.7. The smallest absolute Gasteiger partial charge is 0.330 e. The molecule has 3 aromatic carbocycles. The SMILES string of the molecule is COC1(OC)C2CC3CC1CC(n1c(=O)n(C)c4cnc(Nc5cc(F)c(C(N)=O)cc5C)nc41)(C3)C2.COC1(OC)C2CC3CC1CC(n1c(=O)n(C)c4cnc(Nc5cc(F)c(C(N)=O)cc5C)nc41)(C3)C2.Cc1cc(C(N)=O)c(F)cc1Nc1ncc2c(n1)n(C13CC4CC(C1)C(=O)C(C4)C3)c(=O)n2C. The van der Waals surface area contributed by atoms with Gasteiger partial charge in [0.2, 0.25) is 17.8 Å². The Labute approximate surface area is 616 Å². The average Bonchev–Trinajstić information content (AvgIpc) is 1.80. The number of nitrogens with two attached hydrogens (primary N) is 3. The maximum atomic E-state index is 14.5. The van der Waals surface area contributed by atoms with E-state index in [1.165, 1.54) is 36.4 Å². The topological polar surface area (TPSA) is 377 Å². The van der Waals surface area contributed by atoms with Gasteiger partial charge in [0, 0.05) is 102 Å². The molecule has 3 amide bonds.